The van der Waals surface area contributed by atoms with E-state index in [0.29, 0.717) is 41.5 Å². The topological polar surface area (TPSA) is 85.5 Å². The Morgan fingerprint density at radius 2 is 1.91 bits per heavy atom. The predicted molar refractivity (Wildman–Crippen MR) is 132 cm³/mol. The van der Waals surface area contributed by atoms with Gasteiger partial charge in [0.1, 0.15) is 12.1 Å². The van der Waals surface area contributed by atoms with E-state index in [4.69, 9.17) is 14.8 Å². The molecular formula is C27H26N6O2. The van der Waals surface area contributed by atoms with Gasteiger partial charge in [-0.25, -0.2) is 14.5 Å². The summed E-state index contributed by atoms with van der Waals surface area (Å²) < 4.78 is 7.97. The molecule has 2 aliphatic rings. The van der Waals surface area contributed by atoms with Crippen LogP contribution in [0, 0.1) is 5.41 Å². The third kappa shape index (κ3) is 3.56. The smallest absolute Gasteiger partial charge is 0.228 e. The summed E-state index contributed by atoms with van der Waals surface area (Å²) in [7, 11) is 4.01. The van der Waals surface area contributed by atoms with E-state index in [9.17, 15) is 4.79 Å². The Hall–Kier alpha value is -4.07. The van der Waals surface area contributed by atoms with Gasteiger partial charge < -0.3 is 9.64 Å². The van der Waals surface area contributed by atoms with Crippen LogP contribution in [0.1, 0.15) is 43.7 Å². The van der Waals surface area contributed by atoms with Crippen LogP contribution in [0.5, 0.6) is 5.88 Å². The van der Waals surface area contributed by atoms with Gasteiger partial charge in [-0.2, -0.15) is 0 Å². The van der Waals surface area contributed by atoms with Gasteiger partial charge in [0.25, 0.3) is 0 Å². The number of carbonyl (C=O) groups is 1. The SMILES string of the molecule is CN(C)c1ccc(-c2nc3c4c(ncn3n2)OC2=C(C(=O)CC(C)(C)C2)C4c2cccnc2)cc1. The first-order chi connectivity index (χ1) is 16.8. The van der Waals surface area contributed by atoms with Crippen LogP contribution in [0.25, 0.3) is 17.0 Å². The Bertz CT molecular complexity index is 1490. The molecule has 0 N–H and O–H groups in total. The Balaban J connectivity index is 1.54. The molecule has 1 atom stereocenters. The van der Waals surface area contributed by atoms with Crippen LogP contribution >= 0.6 is 0 Å². The highest BCUT2D eigenvalue weighted by molar-refractivity contribution is 6.00. The van der Waals surface area contributed by atoms with Crippen LogP contribution in [0.2, 0.25) is 0 Å². The molecule has 4 heterocycles. The van der Waals surface area contributed by atoms with Crippen LogP contribution in [0.15, 0.2) is 66.5 Å². The Morgan fingerprint density at radius 3 is 2.63 bits per heavy atom. The molecule has 0 saturated carbocycles. The third-order valence-corrected chi connectivity index (χ3v) is 6.72. The van der Waals surface area contributed by atoms with E-state index in [1.54, 1.807) is 23.2 Å². The first-order valence-electron chi connectivity index (χ1n) is 11.7. The number of hydrogen-bond donors (Lipinski definition) is 0. The Labute approximate surface area is 203 Å². The first-order valence-corrected chi connectivity index (χ1v) is 11.7. The van der Waals surface area contributed by atoms with Gasteiger partial charge in [-0.05, 0) is 41.3 Å². The van der Waals surface area contributed by atoms with Gasteiger partial charge in [0.15, 0.2) is 17.3 Å². The van der Waals surface area contributed by atoms with E-state index < -0.39 is 0 Å². The maximum Gasteiger partial charge on any atom is 0.228 e. The molecule has 1 aromatic carbocycles. The van der Waals surface area contributed by atoms with E-state index in [1.165, 1.54) is 0 Å². The molecule has 35 heavy (non-hydrogen) atoms. The number of aromatic nitrogens is 5. The van der Waals surface area contributed by atoms with Crippen molar-refractivity contribution in [2.75, 3.05) is 19.0 Å². The average Bonchev–Trinajstić information content (AvgIpc) is 3.27. The van der Waals surface area contributed by atoms with Crippen molar-refractivity contribution in [3.8, 4) is 17.3 Å². The van der Waals surface area contributed by atoms with Crippen molar-refractivity contribution in [3.05, 3.63) is 77.6 Å². The summed E-state index contributed by atoms with van der Waals surface area (Å²) in [6, 6.07) is 12.0. The fourth-order valence-corrected chi connectivity index (χ4v) is 5.06. The number of benzene rings is 1. The Morgan fingerprint density at radius 1 is 1.11 bits per heavy atom. The lowest BCUT2D eigenvalue weighted by molar-refractivity contribution is -0.118. The van der Waals surface area contributed by atoms with Crippen molar-refractivity contribution in [1.29, 1.82) is 0 Å². The summed E-state index contributed by atoms with van der Waals surface area (Å²) in [4.78, 5) is 29.3. The minimum absolute atomic E-state index is 0.0942. The van der Waals surface area contributed by atoms with Crippen molar-refractivity contribution in [1.82, 2.24) is 24.6 Å². The average molecular weight is 467 g/mol. The number of nitrogens with zero attached hydrogens (tertiary/aromatic N) is 6. The zero-order valence-electron chi connectivity index (χ0n) is 20.2. The number of rotatable bonds is 3. The normalized spacial score (nSPS) is 18.7. The van der Waals surface area contributed by atoms with Gasteiger partial charge >= 0.3 is 0 Å². The van der Waals surface area contributed by atoms with Crippen molar-refractivity contribution in [2.45, 2.75) is 32.6 Å². The molecule has 8 heteroatoms. The molecule has 3 aromatic heterocycles. The highest BCUT2D eigenvalue weighted by Crippen LogP contribution is 2.50. The number of Topliss-reactive ketones (excluding diaryl/α,β-unsaturated/α-hetero) is 1. The molecule has 0 radical (unpaired) electrons. The number of ketones is 1. The lowest BCUT2D eigenvalue weighted by Gasteiger charge is -2.37. The largest absolute Gasteiger partial charge is 0.442 e. The molecular weight excluding hydrogens is 440 g/mol. The van der Waals surface area contributed by atoms with Gasteiger partial charge in [0, 0.05) is 56.2 Å². The molecule has 1 aliphatic heterocycles. The number of hydrogen-bond acceptors (Lipinski definition) is 7. The summed E-state index contributed by atoms with van der Waals surface area (Å²) in [6.07, 6.45) is 6.30. The van der Waals surface area contributed by atoms with Crippen molar-refractivity contribution < 1.29 is 9.53 Å². The van der Waals surface area contributed by atoms with Crippen LogP contribution in [-0.2, 0) is 4.79 Å². The number of pyridine rings is 1. The van der Waals surface area contributed by atoms with Crippen molar-refractivity contribution in [2.24, 2.45) is 5.41 Å². The molecule has 0 spiro atoms. The predicted octanol–water partition coefficient (Wildman–Crippen LogP) is 4.42. The fraction of sp³-hybridized carbons (Fsp3) is 0.296. The minimum Gasteiger partial charge on any atom is -0.442 e. The summed E-state index contributed by atoms with van der Waals surface area (Å²) in [5.74, 6) is 1.49. The summed E-state index contributed by atoms with van der Waals surface area (Å²) >= 11 is 0. The quantitative estimate of drug-likeness (QED) is 0.442. The molecule has 0 amide bonds. The van der Waals surface area contributed by atoms with Gasteiger partial charge in [-0.15, -0.1) is 5.10 Å². The molecule has 176 valence electrons. The first kappa shape index (κ1) is 21.5. The third-order valence-electron chi connectivity index (χ3n) is 6.72. The van der Waals surface area contributed by atoms with Gasteiger partial charge in [0.2, 0.25) is 5.88 Å². The molecule has 1 aliphatic carbocycles. The van der Waals surface area contributed by atoms with Crippen molar-refractivity contribution >= 4 is 17.1 Å². The molecule has 4 aromatic rings. The van der Waals surface area contributed by atoms with Crippen LogP contribution in [0.3, 0.4) is 0 Å². The monoisotopic (exact) mass is 466 g/mol. The standard InChI is InChI=1S/C27H26N6O2/c1-27(2)12-19(34)22-20(13-27)35-26-23(21(22)17-6-5-11-28-14-17)25-30-24(31-33(25)15-29-26)16-7-9-18(10-8-16)32(3)4/h5-11,14-15,21H,12-13H2,1-4H3. The van der Waals surface area contributed by atoms with E-state index >= 15 is 0 Å². The second kappa shape index (κ2) is 7.73. The maximum atomic E-state index is 13.5. The zero-order valence-corrected chi connectivity index (χ0v) is 20.2. The van der Waals surface area contributed by atoms with Gasteiger partial charge in [-0.1, -0.05) is 19.9 Å². The number of allylic oxidation sites excluding steroid dienone is 2. The van der Waals surface area contributed by atoms with E-state index in [0.717, 1.165) is 22.4 Å². The van der Waals surface area contributed by atoms with Gasteiger partial charge in [-0.3, -0.25) is 9.78 Å². The number of carbonyl (C=O) groups excluding carboxylic acids is 1. The second-order valence-corrected chi connectivity index (χ2v) is 10.2. The molecule has 0 bridgehead atoms. The minimum atomic E-state index is -0.365. The maximum absolute atomic E-state index is 13.5. The number of ether oxygens (including phenoxy) is 1. The van der Waals surface area contributed by atoms with Crippen LogP contribution in [-0.4, -0.2) is 44.4 Å². The lowest BCUT2D eigenvalue weighted by atomic mass is 9.70. The van der Waals surface area contributed by atoms with E-state index in [2.05, 4.69) is 23.8 Å². The highest BCUT2D eigenvalue weighted by atomic mass is 16.5. The molecule has 8 nitrogen and oxygen atoms in total. The molecule has 1 unspecified atom stereocenters. The molecule has 0 fully saturated rings. The van der Waals surface area contributed by atoms with Crippen LogP contribution in [0.4, 0.5) is 5.69 Å². The summed E-state index contributed by atoms with van der Waals surface area (Å²) in [5.41, 5.74) is 4.79. The molecule has 6 rings (SSSR count). The van der Waals surface area contributed by atoms with Gasteiger partial charge in [0.05, 0.1) is 11.5 Å². The van der Waals surface area contributed by atoms with E-state index in [1.807, 2.05) is 55.4 Å². The highest BCUT2D eigenvalue weighted by Gasteiger charge is 2.44. The molecule has 0 saturated heterocycles. The second-order valence-electron chi connectivity index (χ2n) is 10.2. The number of anilines is 1. The zero-order chi connectivity index (χ0) is 24.3. The summed E-state index contributed by atoms with van der Waals surface area (Å²) in [6.45, 7) is 4.19. The fourth-order valence-electron chi connectivity index (χ4n) is 5.06. The van der Waals surface area contributed by atoms with Crippen LogP contribution < -0.4 is 9.64 Å². The summed E-state index contributed by atoms with van der Waals surface area (Å²) in [5, 5.41) is 4.70. The van der Waals surface area contributed by atoms with Crippen molar-refractivity contribution in [3.63, 3.8) is 0 Å². The Kier molecular flexibility index (Phi) is 4.74. The lowest BCUT2D eigenvalue weighted by Crippen LogP contribution is -2.33. The number of fused-ring (bicyclic) bond motifs is 3. The van der Waals surface area contributed by atoms with E-state index in [-0.39, 0.29) is 17.1 Å².